The second-order valence-electron chi connectivity index (χ2n) is 7.85. The summed E-state index contributed by atoms with van der Waals surface area (Å²) in [6.07, 6.45) is 5.18. The first-order chi connectivity index (χ1) is 15.1. The van der Waals surface area contributed by atoms with Gasteiger partial charge in [-0.1, -0.05) is 42.5 Å². The third kappa shape index (κ3) is 3.35. The molecule has 1 aliphatic rings. The van der Waals surface area contributed by atoms with E-state index >= 15 is 4.39 Å². The van der Waals surface area contributed by atoms with Gasteiger partial charge in [0.25, 0.3) is 0 Å². The minimum atomic E-state index is -1.11. The number of halogens is 1. The molecule has 1 fully saturated rings. The van der Waals surface area contributed by atoms with Crippen LogP contribution in [0.25, 0.3) is 10.9 Å². The van der Waals surface area contributed by atoms with Crippen LogP contribution in [0, 0.1) is 5.82 Å². The number of fused-ring (bicyclic) bond motifs is 1. The van der Waals surface area contributed by atoms with E-state index in [0.29, 0.717) is 16.7 Å². The summed E-state index contributed by atoms with van der Waals surface area (Å²) in [7, 11) is 0. The van der Waals surface area contributed by atoms with E-state index in [-0.39, 0.29) is 11.9 Å². The number of aromatic nitrogens is 2. The van der Waals surface area contributed by atoms with Crippen molar-refractivity contribution in [3.05, 3.63) is 107 Å². The summed E-state index contributed by atoms with van der Waals surface area (Å²) in [5.74, 6) is -0.919. The first-order valence-corrected chi connectivity index (χ1v) is 10.2. The Balaban J connectivity index is 1.88. The SMILES string of the molecule is NC(=O)c1ccccc1C(NC1CC1)(c1ccc2ncncc2c1)c1ccccc1F. The molecule has 5 rings (SSSR count). The number of hydrogen-bond donors (Lipinski definition) is 2. The number of carbonyl (C=O) groups is 1. The lowest BCUT2D eigenvalue weighted by atomic mass is 9.74. The molecule has 154 valence electrons. The monoisotopic (exact) mass is 412 g/mol. The van der Waals surface area contributed by atoms with E-state index in [4.69, 9.17) is 5.73 Å². The number of carbonyl (C=O) groups excluding carboxylic acids is 1. The summed E-state index contributed by atoms with van der Waals surface area (Å²) in [6.45, 7) is 0. The van der Waals surface area contributed by atoms with Gasteiger partial charge >= 0.3 is 0 Å². The Bertz CT molecular complexity index is 1290. The van der Waals surface area contributed by atoms with Crippen LogP contribution in [0.5, 0.6) is 0 Å². The molecule has 5 nitrogen and oxygen atoms in total. The van der Waals surface area contributed by atoms with Crippen LogP contribution in [0.2, 0.25) is 0 Å². The van der Waals surface area contributed by atoms with E-state index in [1.807, 2.05) is 30.3 Å². The van der Waals surface area contributed by atoms with Crippen LogP contribution in [-0.2, 0) is 5.54 Å². The van der Waals surface area contributed by atoms with Crippen LogP contribution in [0.1, 0.15) is 39.9 Å². The molecule has 3 aromatic carbocycles. The first-order valence-electron chi connectivity index (χ1n) is 10.2. The van der Waals surface area contributed by atoms with Crippen LogP contribution >= 0.6 is 0 Å². The second-order valence-corrected chi connectivity index (χ2v) is 7.85. The topological polar surface area (TPSA) is 80.9 Å². The zero-order valence-electron chi connectivity index (χ0n) is 16.8. The lowest BCUT2D eigenvalue weighted by molar-refractivity contribution is 0.0998. The van der Waals surface area contributed by atoms with Gasteiger partial charge in [0.2, 0.25) is 5.91 Å². The van der Waals surface area contributed by atoms with E-state index in [0.717, 1.165) is 29.3 Å². The highest BCUT2D eigenvalue weighted by Crippen LogP contribution is 2.43. The molecule has 1 saturated carbocycles. The number of hydrogen-bond acceptors (Lipinski definition) is 4. The summed E-state index contributed by atoms with van der Waals surface area (Å²) in [6, 6.07) is 19.8. The Kier molecular flexibility index (Phi) is 4.71. The van der Waals surface area contributed by atoms with Crippen molar-refractivity contribution in [2.45, 2.75) is 24.4 Å². The lowest BCUT2D eigenvalue weighted by Gasteiger charge is -2.38. The maximum atomic E-state index is 15.4. The van der Waals surface area contributed by atoms with Gasteiger partial charge in [-0.05, 0) is 48.2 Å². The van der Waals surface area contributed by atoms with Crippen molar-refractivity contribution in [2.24, 2.45) is 5.73 Å². The highest BCUT2D eigenvalue weighted by atomic mass is 19.1. The smallest absolute Gasteiger partial charge is 0.249 e. The van der Waals surface area contributed by atoms with Crippen LogP contribution < -0.4 is 11.1 Å². The predicted octanol–water partition coefficient (Wildman–Crippen LogP) is 3.91. The fourth-order valence-electron chi connectivity index (χ4n) is 4.24. The second kappa shape index (κ2) is 7.56. The van der Waals surface area contributed by atoms with Gasteiger partial charge < -0.3 is 5.73 Å². The molecule has 1 atom stereocenters. The van der Waals surface area contributed by atoms with Crippen molar-refractivity contribution >= 4 is 16.8 Å². The average Bonchev–Trinajstić information content (AvgIpc) is 3.62. The van der Waals surface area contributed by atoms with Gasteiger partial charge in [0.1, 0.15) is 12.1 Å². The van der Waals surface area contributed by atoms with Crippen molar-refractivity contribution in [3.8, 4) is 0 Å². The standard InChI is InChI=1S/C25H21FN4O/c26-22-8-4-3-7-21(22)25(30-18-10-11-18,20-6-2-1-5-19(20)24(27)31)17-9-12-23-16(13-17)14-28-15-29-23/h1-9,12-15,18,30H,10-11H2,(H2,27,31). The molecule has 0 spiro atoms. The van der Waals surface area contributed by atoms with Crippen molar-refractivity contribution in [3.63, 3.8) is 0 Å². The van der Waals surface area contributed by atoms with Crippen molar-refractivity contribution in [1.82, 2.24) is 15.3 Å². The Morgan fingerprint density at radius 1 is 1.03 bits per heavy atom. The first kappa shape index (κ1) is 19.3. The van der Waals surface area contributed by atoms with Gasteiger partial charge in [-0.15, -0.1) is 0 Å². The summed E-state index contributed by atoms with van der Waals surface area (Å²) < 4.78 is 15.4. The van der Waals surface area contributed by atoms with Gasteiger partial charge in [0, 0.05) is 28.8 Å². The maximum absolute atomic E-state index is 15.4. The molecule has 31 heavy (non-hydrogen) atoms. The van der Waals surface area contributed by atoms with Gasteiger partial charge in [-0.25, -0.2) is 14.4 Å². The third-order valence-electron chi connectivity index (χ3n) is 5.81. The van der Waals surface area contributed by atoms with Crippen molar-refractivity contribution in [1.29, 1.82) is 0 Å². The predicted molar refractivity (Wildman–Crippen MR) is 117 cm³/mol. The third-order valence-corrected chi connectivity index (χ3v) is 5.81. The number of amides is 1. The Morgan fingerprint density at radius 2 is 1.77 bits per heavy atom. The molecule has 1 unspecified atom stereocenters. The summed E-state index contributed by atoms with van der Waals surface area (Å²) in [5.41, 5.74) is 7.64. The fourth-order valence-corrected chi connectivity index (χ4v) is 4.24. The number of nitrogens with one attached hydrogen (secondary N) is 1. The molecular formula is C25H21FN4O. The van der Waals surface area contributed by atoms with Crippen LogP contribution in [0.15, 0.2) is 79.3 Å². The molecule has 0 radical (unpaired) electrons. The van der Waals surface area contributed by atoms with Gasteiger partial charge in [0.15, 0.2) is 0 Å². The molecule has 0 aliphatic heterocycles. The largest absolute Gasteiger partial charge is 0.366 e. The highest BCUT2D eigenvalue weighted by Gasteiger charge is 2.44. The molecule has 1 heterocycles. The minimum absolute atomic E-state index is 0.197. The van der Waals surface area contributed by atoms with Crippen LogP contribution in [0.4, 0.5) is 4.39 Å². The lowest BCUT2D eigenvalue weighted by Crippen LogP contribution is -2.47. The van der Waals surface area contributed by atoms with Gasteiger partial charge in [-0.2, -0.15) is 0 Å². The Morgan fingerprint density at radius 3 is 2.52 bits per heavy atom. The van der Waals surface area contributed by atoms with Crippen LogP contribution in [-0.4, -0.2) is 21.9 Å². The van der Waals surface area contributed by atoms with Gasteiger partial charge in [-0.3, -0.25) is 10.1 Å². The molecule has 3 N–H and O–H groups in total. The van der Waals surface area contributed by atoms with Crippen LogP contribution in [0.3, 0.4) is 0 Å². The molecule has 0 saturated heterocycles. The number of nitrogens with zero attached hydrogens (tertiary/aromatic N) is 2. The van der Waals surface area contributed by atoms with E-state index < -0.39 is 11.4 Å². The zero-order chi connectivity index (χ0) is 21.4. The van der Waals surface area contributed by atoms with E-state index in [2.05, 4.69) is 15.3 Å². The molecular weight excluding hydrogens is 391 g/mol. The molecule has 6 heteroatoms. The minimum Gasteiger partial charge on any atom is -0.366 e. The van der Waals surface area contributed by atoms with E-state index in [1.165, 1.54) is 12.4 Å². The summed E-state index contributed by atoms with van der Waals surface area (Å²) >= 11 is 0. The van der Waals surface area contributed by atoms with Crippen molar-refractivity contribution in [2.75, 3.05) is 0 Å². The van der Waals surface area contributed by atoms with E-state index in [1.54, 1.807) is 36.5 Å². The summed E-state index contributed by atoms with van der Waals surface area (Å²) in [4.78, 5) is 20.9. The quantitative estimate of drug-likeness (QED) is 0.471. The number of rotatable bonds is 6. The number of nitrogens with two attached hydrogens (primary N) is 1. The fraction of sp³-hybridized carbons (Fsp3) is 0.160. The Labute approximate surface area is 179 Å². The summed E-state index contributed by atoms with van der Waals surface area (Å²) in [5, 5.41) is 4.49. The molecule has 1 aromatic heterocycles. The number of primary amides is 1. The zero-order valence-corrected chi connectivity index (χ0v) is 16.8. The van der Waals surface area contributed by atoms with E-state index in [9.17, 15) is 4.79 Å². The highest BCUT2D eigenvalue weighted by molar-refractivity contribution is 5.95. The Hall–Kier alpha value is -3.64. The maximum Gasteiger partial charge on any atom is 0.249 e. The number of benzene rings is 3. The average molecular weight is 412 g/mol. The molecule has 1 amide bonds. The normalized spacial score (nSPS) is 15.5. The molecule has 1 aliphatic carbocycles. The molecule has 4 aromatic rings. The molecule has 0 bridgehead atoms. The van der Waals surface area contributed by atoms with Crippen molar-refractivity contribution < 1.29 is 9.18 Å². The van der Waals surface area contributed by atoms with Gasteiger partial charge in [0.05, 0.1) is 11.1 Å².